The summed E-state index contributed by atoms with van der Waals surface area (Å²) >= 11 is 0. The number of hydrogen-bond acceptors (Lipinski definition) is 8. The molecule has 2 amide bonds. The Bertz CT molecular complexity index is 485. The molecule has 0 aliphatic rings. The molecule has 0 saturated heterocycles. The monoisotopic (exact) mass is 414 g/mol. The number of rotatable bonds is 19. The van der Waals surface area contributed by atoms with Crippen molar-refractivity contribution in [1.29, 1.82) is 0 Å². The van der Waals surface area contributed by atoms with Crippen LogP contribution in [0.5, 0.6) is 0 Å². The van der Waals surface area contributed by atoms with Crippen LogP contribution < -0.4 is 22.2 Å². The van der Waals surface area contributed by atoms with E-state index < -0.39 is 0 Å². The van der Waals surface area contributed by atoms with E-state index in [1.54, 1.807) is 13.3 Å². The highest BCUT2D eigenvalue weighted by molar-refractivity contribution is 6.30. The van der Waals surface area contributed by atoms with Gasteiger partial charge in [-0.1, -0.05) is 6.42 Å². The van der Waals surface area contributed by atoms with Crippen molar-refractivity contribution >= 4 is 23.7 Å². The molecule has 0 saturated carbocycles. The van der Waals surface area contributed by atoms with Gasteiger partial charge in [0.15, 0.2) is 0 Å². The number of carbonyl (C=O) groups excluding carboxylic acids is 2. The number of carbonyl (C=O) groups is 2. The summed E-state index contributed by atoms with van der Waals surface area (Å²) in [6.07, 6.45) is 6.55. The minimum absolute atomic E-state index is 0.00259. The molecule has 0 aliphatic carbocycles. The van der Waals surface area contributed by atoms with Crippen molar-refractivity contribution in [2.75, 3.05) is 53.1 Å². The first-order valence-electron chi connectivity index (χ1n) is 10.2. The van der Waals surface area contributed by atoms with Gasteiger partial charge in [0.05, 0.1) is 32.1 Å². The lowest BCUT2D eigenvalue weighted by atomic mass is 10.1. The molecule has 29 heavy (non-hydrogen) atoms. The van der Waals surface area contributed by atoms with Crippen molar-refractivity contribution < 1.29 is 19.1 Å². The molecule has 0 fully saturated rings. The van der Waals surface area contributed by atoms with E-state index in [1.807, 2.05) is 0 Å². The zero-order chi connectivity index (χ0) is 21.6. The molecule has 0 atom stereocenters. The molecule has 0 aliphatic heterocycles. The summed E-state index contributed by atoms with van der Waals surface area (Å²) in [6.45, 7) is 3.69. The topological polar surface area (TPSA) is 153 Å². The number of nitrogens with zero attached hydrogens (tertiary/aromatic N) is 2. The summed E-state index contributed by atoms with van der Waals surface area (Å²) in [5.74, 6) is 5.37. The van der Waals surface area contributed by atoms with E-state index in [2.05, 4.69) is 20.7 Å². The van der Waals surface area contributed by atoms with E-state index in [9.17, 15) is 9.59 Å². The van der Waals surface area contributed by atoms with Crippen LogP contribution in [-0.2, 0) is 19.1 Å². The largest absolute Gasteiger partial charge is 0.378 e. The number of hydrogen-bond donors (Lipinski definition) is 4. The highest BCUT2D eigenvalue weighted by atomic mass is 16.5. The Morgan fingerprint density at radius 3 is 2.34 bits per heavy atom. The molecule has 10 nitrogen and oxygen atoms in total. The van der Waals surface area contributed by atoms with Crippen LogP contribution in [0, 0.1) is 0 Å². The van der Waals surface area contributed by atoms with Crippen LogP contribution in [0.15, 0.2) is 10.1 Å². The molecule has 0 rings (SSSR count). The first-order chi connectivity index (χ1) is 14.1. The van der Waals surface area contributed by atoms with E-state index in [4.69, 9.17) is 21.1 Å². The lowest BCUT2D eigenvalue weighted by Gasteiger charge is -2.07. The van der Waals surface area contributed by atoms with Gasteiger partial charge in [0.1, 0.15) is 0 Å². The lowest BCUT2D eigenvalue weighted by molar-refractivity contribution is -0.122. The maximum absolute atomic E-state index is 11.7. The third kappa shape index (κ3) is 19.1. The Balaban J connectivity index is 3.54. The van der Waals surface area contributed by atoms with Gasteiger partial charge in [0.2, 0.25) is 11.8 Å². The Labute approximate surface area is 173 Å². The smallest absolute Gasteiger partial charge is 0.220 e. The third-order valence-corrected chi connectivity index (χ3v) is 3.92. The zero-order valence-electron chi connectivity index (χ0n) is 17.7. The fraction of sp³-hybridized carbons (Fsp3) is 0.789. The molecule has 168 valence electrons. The minimum Gasteiger partial charge on any atom is -0.378 e. The van der Waals surface area contributed by atoms with Gasteiger partial charge in [-0.15, -0.1) is 0 Å². The first-order valence-corrected chi connectivity index (χ1v) is 10.2. The highest BCUT2D eigenvalue weighted by Gasteiger charge is 2.02. The van der Waals surface area contributed by atoms with Gasteiger partial charge in [0, 0.05) is 45.7 Å². The van der Waals surface area contributed by atoms with Crippen LogP contribution >= 0.6 is 0 Å². The van der Waals surface area contributed by atoms with Crippen molar-refractivity contribution in [3.63, 3.8) is 0 Å². The molecule has 10 heteroatoms. The van der Waals surface area contributed by atoms with Crippen molar-refractivity contribution in [3.05, 3.63) is 0 Å². The van der Waals surface area contributed by atoms with E-state index in [-0.39, 0.29) is 11.8 Å². The molecule has 0 bridgehead atoms. The van der Waals surface area contributed by atoms with Crippen molar-refractivity contribution in [3.8, 4) is 0 Å². The van der Waals surface area contributed by atoms with E-state index in [1.165, 1.54) is 0 Å². The normalized spacial score (nSPS) is 11.7. The molecule has 0 spiro atoms. The number of ether oxygens (including phenoxy) is 2. The maximum atomic E-state index is 11.7. The number of nitrogens with one attached hydrogen (secondary N) is 2. The number of amides is 2. The van der Waals surface area contributed by atoms with E-state index in [0.29, 0.717) is 77.5 Å². The fourth-order valence-corrected chi connectivity index (χ4v) is 2.31. The summed E-state index contributed by atoms with van der Waals surface area (Å²) in [4.78, 5) is 27.2. The van der Waals surface area contributed by atoms with Crippen molar-refractivity contribution in [2.45, 2.75) is 44.9 Å². The van der Waals surface area contributed by atoms with Crippen molar-refractivity contribution in [1.82, 2.24) is 10.6 Å². The predicted molar refractivity (Wildman–Crippen MR) is 115 cm³/mol. The zero-order valence-corrected chi connectivity index (χ0v) is 17.7. The lowest BCUT2D eigenvalue weighted by Crippen LogP contribution is -2.27. The number of aliphatic imine (C=N–C) groups is 1. The van der Waals surface area contributed by atoms with Gasteiger partial charge in [-0.05, 0) is 25.7 Å². The highest BCUT2D eigenvalue weighted by Crippen LogP contribution is 2.01. The second-order valence-corrected chi connectivity index (χ2v) is 6.36. The Kier molecular flexibility index (Phi) is 19.2. The van der Waals surface area contributed by atoms with Gasteiger partial charge in [-0.25, -0.2) is 0 Å². The molecule has 0 aromatic carbocycles. The van der Waals surface area contributed by atoms with Crippen LogP contribution in [0.25, 0.3) is 0 Å². The van der Waals surface area contributed by atoms with Gasteiger partial charge in [-0.2, -0.15) is 5.10 Å². The molecule has 0 unspecified atom stereocenters. The van der Waals surface area contributed by atoms with Crippen LogP contribution in [0.1, 0.15) is 44.9 Å². The van der Waals surface area contributed by atoms with E-state index >= 15 is 0 Å². The van der Waals surface area contributed by atoms with Gasteiger partial charge in [-0.3, -0.25) is 14.6 Å². The third-order valence-electron chi connectivity index (χ3n) is 3.92. The van der Waals surface area contributed by atoms with Crippen molar-refractivity contribution in [2.24, 2.45) is 21.7 Å². The van der Waals surface area contributed by atoms with Crippen LogP contribution in [0.2, 0.25) is 0 Å². The molecular formula is C19H38N6O4. The first kappa shape index (κ1) is 27.0. The van der Waals surface area contributed by atoms with Crippen LogP contribution in [-0.4, -0.2) is 76.9 Å². The molecule has 6 N–H and O–H groups in total. The summed E-state index contributed by atoms with van der Waals surface area (Å²) in [7, 11) is 1.61. The second kappa shape index (κ2) is 20.7. The quantitative estimate of drug-likeness (QED) is 0.101. The Morgan fingerprint density at radius 2 is 1.66 bits per heavy atom. The Morgan fingerprint density at radius 1 is 0.931 bits per heavy atom. The summed E-state index contributed by atoms with van der Waals surface area (Å²) < 4.78 is 10.5. The minimum atomic E-state index is 0.00259. The SMILES string of the molecule is CNC(=O)CCC/C(C=NCCCCCC(=O)NCCOCCOCCN)=N/N. The average Bonchev–Trinajstić information content (AvgIpc) is 2.73. The molecule has 0 heterocycles. The molecule has 0 radical (unpaired) electrons. The summed E-state index contributed by atoms with van der Waals surface area (Å²) in [6, 6.07) is 0. The number of hydrazone groups is 1. The fourth-order valence-electron chi connectivity index (χ4n) is 2.31. The number of unbranched alkanes of at least 4 members (excludes halogenated alkanes) is 2. The maximum Gasteiger partial charge on any atom is 0.220 e. The molecular weight excluding hydrogens is 376 g/mol. The molecule has 0 aromatic rings. The molecule has 0 aromatic heterocycles. The average molecular weight is 415 g/mol. The van der Waals surface area contributed by atoms with Crippen LogP contribution in [0.4, 0.5) is 0 Å². The van der Waals surface area contributed by atoms with Crippen LogP contribution in [0.3, 0.4) is 0 Å². The van der Waals surface area contributed by atoms with Gasteiger partial charge < -0.3 is 31.7 Å². The van der Waals surface area contributed by atoms with Gasteiger partial charge >= 0.3 is 0 Å². The Hall–Kier alpha value is -2.04. The van der Waals surface area contributed by atoms with E-state index in [0.717, 1.165) is 19.3 Å². The second-order valence-electron chi connectivity index (χ2n) is 6.36. The number of nitrogens with two attached hydrogens (primary N) is 2. The summed E-state index contributed by atoms with van der Waals surface area (Å²) in [5, 5.41) is 9.09. The standard InChI is InChI=1S/C19H38N6O4/c1-22-18(26)8-5-6-17(25-21)16-23-10-4-2-3-7-19(27)24-11-13-29-15-14-28-12-9-20/h16H,2-15,20-21H2,1H3,(H,22,26)(H,24,27)/b23-16?,25-17-. The van der Waals surface area contributed by atoms with Gasteiger partial charge in [0.25, 0.3) is 0 Å². The predicted octanol–water partition coefficient (Wildman–Crippen LogP) is -0.0433. The summed E-state index contributed by atoms with van der Waals surface area (Å²) in [5.41, 5.74) is 5.99.